The van der Waals surface area contributed by atoms with Crippen molar-refractivity contribution in [3.8, 4) is 11.5 Å². The Kier molecular flexibility index (Phi) is 11.1. The number of nitrogens with one attached hydrogen (secondary N) is 1. The Balaban J connectivity index is 2.57. The quantitative estimate of drug-likeness (QED) is 0.207. The summed E-state index contributed by atoms with van der Waals surface area (Å²) in [5.74, 6) is -3.06. The number of amides is 2. The fraction of sp³-hybridized carbons (Fsp3) is 0.522. The number of aliphatic hydroxyl groups is 3. The van der Waals surface area contributed by atoms with Crippen LogP contribution in [-0.4, -0.2) is 89.0 Å². The van der Waals surface area contributed by atoms with Crippen LogP contribution in [0.25, 0.3) is 0 Å². The van der Waals surface area contributed by atoms with E-state index in [2.05, 4.69) is 5.32 Å². The number of hydrogen-bond donors (Lipinski definition) is 4. The minimum Gasteiger partial charge on any atom is -0.493 e. The molecule has 0 aliphatic heterocycles. The van der Waals surface area contributed by atoms with E-state index in [1.807, 2.05) is 22.6 Å². The van der Waals surface area contributed by atoms with Gasteiger partial charge in [-0.2, -0.15) is 13.2 Å². The van der Waals surface area contributed by atoms with Gasteiger partial charge in [-0.25, -0.2) is 0 Å². The van der Waals surface area contributed by atoms with Gasteiger partial charge in [-0.3, -0.25) is 14.4 Å². The molecule has 10 nitrogen and oxygen atoms in total. The van der Waals surface area contributed by atoms with Crippen LogP contribution in [0.1, 0.15) is 25.3 Å². The number of benzene rings is 1. The van der Waals surface area contributed by atoms with Crippen molar-refractivity contribution in [2.75, 3.05) is 26.8 Å². The highest BCUT2D eigenvalue weighted by Gasteiger charge is 2.45. The number of ether oxygens (including phenoxy) is 2. The molecule has 2 rings (SSSR count). The van der Waals surface area contributed by atoms with E-state index in [0.29, 0.717) is 9.13 Å². The normalized spacial score (nSPS) is 19.6. The third-order valence-corrected chi connectivity index (χ3v) is 6.31. The van der Waals surface area contributed by atoms with Crippen molar-refractivity contribution >= 4 is 40.2 Å². The number of carbonyl (C=O) groups excluding carboxylic acids is 3. The maximum Gasteiger partial charge on any atom is 0.406 e. The van der Waals surface area contributed by atoms with Crippen molar-refractivity contribution in [3.05, 3.63) is 32.9 Å². The summed E-state index contributed by atoms with van der Waals surface area (Å²) in [6.45, 7) is -1.38. The summed E-state index contributed by atoms with van der Waals surface area (Å²) in [7, 11) is 1.32. The number of aliphatic hydroxyl groups excluding tert-OH is 3. The largest absolute Gasteiger partial charge is 0.493 e. The van der Waals surface area contributed by atoms with Crippen LogP contribution in [0.5, 0.6) is 11.5 Å². The van der Waals surface area contributed by atoms with Gasteiger partial charge < -0.3 is 35.0 Å². The molecule has 3 atom stereocenters. The first-order valence-corrected chi connectivity index (χ1v) is 12.3. The van der Waals surface area contributed by atoms with E-state index < -0.39 is 61.6 Å². The Labute approximate surface area is 224 Å². The molecule has 4 N–H and O–H groups in total. The highest BCUT2D eigenvalue weighted by molar-refractivity contribution is 14.1. The van der Waals surface area contributed by atoms with Crippen LogP contribution in [0.2, 0.25) is 0 Å². The number of Topliss-reactive ketones (excluding diaryl/α,β-unsaturated/α-hetero) is 1. The third-order valence-electron chi connectivity index (χ3n) is 5.51. The van der Waals surface area contributed by atoms with Gasteiger partial charge >= 0.3 is 6.18 Å². The van der Waals surface area contributed by atoms with Crippen molar-refractivity contribution in [3.63, 3.8) is 0 Å². The molecule has 1 aliphatic carbocycles. The number of methoxy groups -OCH3 is 1. The zero-order valence-corrected chi connectivity index (χ0v) is 22.2. The molecule has 1 aromatic rings. The molecule has 0 radical (unpaired) electrons. The number of carbonyl (C=O) groups is 3. The molecule has 0 unspecified atom stereocenters. The van der Waals surface area contributed by atoms with Gasteiger partial charge in [0.2, 0.25) is 11.7 Å². The fourth-order valence-electron chi connectivity index (χ4n) is 3.74. The molecule has 14 heteroatoms. The first-order chi connectivity index (χ1) is 17.4. The standard InChI is InChI=1S/C23H28F3IN2O8/c1-3-16(32)22(35)29(11-23(24,25)26)15-8-13(21(34)28-4-5-30)9-17(19(15)33)37-20-14(27)6-12(10-31)7-18(20)36-2/h6-7,9,15,17,19,30-31,33H,3-5,8,10-11H2,1-2H3,(H,28,34)/t15-,17+,19+/m1/s1. The van der Waals surface area contributed by atoms with Crippen molar-refractivity contribution < 1.29 is 52.3 Å². The molecule has 0 bridgehead atoms. The van der Waals surface area contributed by atoms with Crippen molar-refractivity contribution in [1.29, 1.82) is 0 Å². The number of rotatable bonds is 11. The molecule has 2 amide bonds. The van der Waals surface area contributed by atoms with Gasteiger partial charge in [-0.05, 0) is 46.4 Å². The van der Waals surface area contributed by atoms with Gasteiger partial charge in [0, 0.05) is 25.0 Å². The molecule has 0 saturated carbocycles. The van der Waals surface area contributed by atoms with Gasteiger partial charge in [-0.15, -0.1) is 0 Å². The monoisotopic (exact) mass is 644 g/mol. The van der Waals surface area contributed by atoms with E-state index in [4.69, 9.17) is 14.6 Å². The first-order valence-electron chi connectivity index (χ1n) is 11.2. The highest BCUT2D eigenvalue weighted by atomic mass is 127. The van der Waals surface area contributed by atoms with E-state index in [1.165, 1.54) is 26.2 Å². The topological polar surface area (TPSA) is 146 Å². The van der Waals surface area contributed by atoms with E-state index in [-0.39, 0.29) is 41.5 Å². The number of nitrogens with zero attached hydrogens (tertiary/aromatic N) is 1. The first kappa shape index (κ1) is 30.8. The summed E-state index contributed by atoms with van der Waals surface area (Å²) in [5, 5.41) is 31.9. The maximum atomic E-state index is 13.4. The SMILES string of the molecule is CCC(=O)C(=O)N(CC(F)(F)F)[C@@H]1CC(C(=O)NCCO)=C[C@H](Oc2c(I)cc(CO)cc2OC)[C@H]1O. The Morgan fingerprint density at radius 2 is 1.92 bits per heavy atom. The number of hydrogen-bond acceptors (Lipinski definition) is 8. The van der Waals surface area contributed by atoms with Gasteiger partial charge in [0.25, 0.3) is 5.91 Å². The van der Waals surface area contributed by atoms with Crippen LogP contribution in [0.4, 0.5) is 13.2 Å². The van der Waals surface area contributed by atoms with Gasteiger partial charge in [0.1, 0.15) is 18.8 Å². The molecule has 1 aromatic carbocycles. The van der Waals surface area contributed by atoms with Crippen LogP contribution in [-0.2, 0) is 21.0 Å². The molecule has 206 valence electrons. The Bertz CT molecular complexity index is 1030. The number of alkyl halides is 3. The highest BCUT2D eigenvalue weighted by Crippen LogP contribution is 2.37. The van der Waals surface area contributed by atoms with Gasteiger partial charge in [0.15, 0.2) is 11.5 Å². The Hall–Kier alpha value is -2.43. The molecule has 1 aliphatic rings. The van der Waals surface area contributed by atoms with E-state index in [0.717, 1.165) is 0 Å². The minimum absolute atomic E-state index is 0.0784. The lowest BCUT2D eigenvalue weighted by molar-refractivity contribution is -0.174. The predicted octanol–water partition coefficient (Wildman–Crippen LogP) is 1.08. The zero-order chi connectivity index (χ0) is 27.9. The zero-order valence-electron chi connectivity index (χ0n) is 20.0. The minimum atomic E-state index is -4.90. The summed E-state index contributed by atoms with van der Waals surface area (Å²) < 4.78 is 51.9. The molecule has 0 fully saturated rings. The van der Waals surface area contributed by atoms with Crippen molar-refractivity contribution in [2.24, 2.45) is 0 Å². The van der Waals surface area contributed by atoms with Crippen LogP contribution < -0.4 is 14.8 Å². The van der Waals surface area contributed by atoms with E-state index in [9.17, 15) is 37.8 Å². The predicted molar refractivity (Wildman–Crippen MR) is 132 cm³/mol. The average molecular weight is 644 g/mol. The number of halogens is 4. The van der Waals surface area contributed by atoms with E-state index >= 15 is 0 Å². The lowest BCUT2D eigenvalue weighted by Gasteiger charge is -2.40. The van der Waals surface area contributed by atoms with Crippen molar-refractivity contribution in [1.82, 2.24) is 10.2 Å². The molecule has 37 heavy (non-hydrogen) atoms. The Morgan fingerprint density at radius 1 is 1.24 bits per heavy atom. The maximum absolute atomic E-state index is 13.4. The van der Waals surface area contributed by atoms with Crippen LogP contribution in [0, 0.1) is 3.57 Å². The molecular formula is C23H28F3IN2O8. The second-order valence-electron chi connectivity index (χ2n) is 8.11. The summed E-state index contributed by atoms with van der Waals surface area (Å²) in [4.78, 5) is 37.6. The Morgan fingerprint density at radius 3 is 2.46 bits per heavy atom. The van der Waals surface area contributed by atoms with E-state index in [1.54, 1.807) is 6.07 Å². The van der Waals surface area contributed by atoms with Crippen LogP contribution in [0.3, 0.4) is 0 Å². The van der Waals surface area contributed by atoms with Crippen LogP contribution >= 0.6 is 22.6 Å². The van der Waals surface area contributed by atoms with Gasteiger partial charge in [-0.1, -0.05) is 6.92 Å². The molecule has 0 heterocycles. The summed E-state index contributed by atoms with van der Waals surface area (Å²) >= 11 is 1.88. The fourth-order valence-corrected chi connectivity index (χ4v) is 4.53. The lowest BCUT2D eigenvalue weighted by atomic mass is 9.87. The summed E-state index contributed by atoms with van der Waals surface area (Å²) in [6, 6.07) is 1.38. The molecule has 0 spiro atoms. The summed E-state index contributed by atoms with van der Waals surface area (Å²) in [5.41, 5.74) is 0.369. The molecule has 0 aromatic heterocycles. The van der Waals surface area contributed by atoms with Crippen LogP contribution in [0.15, 0.2) is 23.8 Å². The summed E-state index contributed by atoms with van der Waals surface area (Å²) in [6.07, 6.45) is -7.77. The smallest absolute Gasteiger partial charge is 0.406 e. The van der Waals surface area contributed by atoms with Crippen molar-refractivity contribution in [2.45, 2.75) is 50.8 Å². The molecular weight excluding hydrogens is 616 g/mol. The second-order valence-corrected chi connectivity index (χ2v) is 9.27. The number of ketones is 1. The second kappa shape index (κ2) is 13.4. The average Bonchev–Trinajstić information content (AvgIpc) is 2.86. The lowest BCUT2D eigenvalue weighted by Crippen LogP contribution is -2.58. The third kappa shape index (κ3) is 8.02. The van der Waals surface area contributed by atoms with Gasteiger partial charge in [0.05, 0.1) is 29.9 Å². The molecule has 0 saturated heterocycles.